The number of nitriles is 1. The maximum Gasteiger partial charge on any atom is 0.0994 e. The summed E-state index contributed by atoms with van der Waals surface area (Å²) in [5.41, 5.74) is 14.6. The van der Waals surface area contributed by atoms with E-state index in [1.807, 2.05) is 25.1 Å². The van der Waals surface area contributed by atoms with Crippen LogP contribution in [0.5, 0.6) is 0 Å². The zero-order chi connectivity index (χ0) is 17.0. The van der Waals surface area contributed by atoms with Gasteiger partial charge in [-0.2, -0.15) is 5.26 Å². The fourth-order valence-electron chi connectivity index (χ4n) is 3.08. The molecule has 0 spiro atoms. The first kappa shape index (κ1) is 16.8. The topological polar surface area (TPSA) is 49.8 Å². The molecule has 0 amide bonds. The van der Waals surface area contributed by atoms with Crippen molar-refractivity contribution < 1.29 is 0 Å². The minimum absolute atomic E-state index is 0.731. The van der Waals surface area contributed by atoms with Gasteiger partial charge in [0.15, 0.2) is 0 Å². The minimum Gasteiger partial charge on any atom is -0.398 e. The van der Waals surface area contributed by atoms with Gasteiger partial charge in [-0.25, -0.2) is 0 Å². The van der Waals surface area contributed by atoms with E-state index in [2.05, 4.69) is 45.0 Å². The molecule has 0 fully saturated rings. The molecule has 2 rings (SSSR count). The minimum atomic E-state index is 0.731. The highest BCUT2D eigenvalue weighted by atomic mass is 14.6. The number of allylic oxidation sites excluding steroid dienone is 1. The fourth-order valence-corrected chi connectivity index (χ4v) is 3.08. The summed E-state index contributed by atoms with van der Waals surface area (Å²) in [6.07, 6.45) is 4.05. The van der Waals surface area contributed by atoms with Gasteiger partial charge in [0.2, 0.25) is 0 Å². The molecule has 0 aromatic heterocycles. The Morgan fingerprint density at radius 2 is 1.87 bits per heavy atom. The molecule has 118 valence electrons. The van der Waals surface area contributed by atoms with E-state index < -0.39 is 0 Å². The summed E-state index contributed by atoms with van der Waals surface area (Å²) < 4.78 is 0. The molecule has 0 radical (unpaired) electrons. The molecule has 2 aromatic rings. The van der Waals surface area contributed by atoms with Crippen LogP contribution in [0.3, 0.4) is 0 Å². The van der Waals surface area contributed by atoms with Gasteiger partial charge in [-0.15, -0.1) is 0 Å². The number of rotatable bonds is 4. The Labute approximate surface area is 139 Å². The molecule has 0 bridgehead atoms. The molecule has 0 unspecified atom stereocenters. The predicted molar refractivity (Wildman–Crippen MR) is 98.2 cm³/mol. The van der Waals surface area contributed by atoms with E-state index in [1.54, 1.807) is 0 Å². The van der Waals surface area contributed by atoms with Crippen LogP contribution in [0.15, 0.2) is 36.4 Å². The first-order valence-electron chi connectivity index (χ1n) is 8.13. The lowest BCUT2D eigenvalue weighted by Gasteiger charge is -2.17. The quantitative estimate of drug-likeness (QED) is 0.793. The van der Waals surface area contributed by atoms with Crippen LogP contribution in [-0.4, -0.2) is 0 Å². The van der Waals surface area contributed by atoms with E-state index in [9.17, 15) is 5.26 Å². The summed E-state index contributed by atoms with van der Waals surface area (Å²) in [5, 5.41) is 9.37. The molecular weight excluding hydrogens is 280 g/mol. The number of nitrogens with two attached hydrogens (primary N) is 1. The maximum atomic E-state index is 9.37. The Kier molecular flexibility index (Phi) is 5.24. The number of nitrogen functional groups attached to an aromatic ring is 1. The molecule has 0 aliphatic heterocycles. The van der Waals surface area contributed by atoms with Gasteiger partial charge in [0.25, 0.3) is 0 Å². The van der Waals surface area contributed by atoms with E-state index in [4.69, 9.17) is 5.73 Å². The van der Waals surface area contributed by atoms with Gasteiger partial charge in [-0.3, -0.25) is 0 Å². The van der Waals surface area contributed by atoms with Crippen molar-refractivity contribution in [3.8, 4) is 6.07 Å². The van der Waals surface area contributed by atoms with Crippen LogP contribution in [0.4, 0.5) is 5.69 Å². The number of hydrogen-bond donors (Lipinski definition) is 1. The van der Waals surface area contributed by atoms with Gasteiger partial charge < -0.3 is 5.73 Å². The lowest BCUT2D eigenvalue weighted by Crippen LogP contribution is -2.01. The van der Waals surface area contributed by atoms with Crippen molar-refractivity contribution in [2.45, 2.75) is 40.5 Å². The summed E-state index contributed by atoms with van der Waals surface area (Å²) in [4.78, 5) is 0. The van der Waals surface area contributed by atoms with E-state index in [1.165, 1.54) is 22.3 Å². The molecule has 0 aliphatic carbocycles. The van der Waals surface area contributed by atoms with Crippen LogP contribution in [0.2, 0.25) is 0 Å². The predicted octanol–water partition coefficient (Wildman–Crippen LogP) is 5.16. The zero-order valence-electron chi connectivity index (χ0n) is 14.4. The number of aryl methyl sites for hydroxylation is 2. The summed E-state index contributed by atoms with van der Waals surface area (Å²) in [7, 11) is 0. The Balaban J connectivity index is 2.74. The van der Waals surface area contributed by atoms with Crippen LogP contribution >= 0.6 is 0 Å². The monoisotopic (exact) mass is 304 g/mol. The zero-order valence-corrected chi connectivity index (χ0v) is 14.4. The van der Waals surface area contributed by atoms with Gasteiger partial charge in [-0.05, 0) is 72.2 Å². The van der Waals surface area contributed by atoms with E-state index in [0.717, 1.165) is 35.2 Å². The second kappa shape index (κ2) is 7.15. The van der Waals surface area contributed by atoms with Crippen LogP contribution in [0, 0.1) is 25.2 Å². The Morgan fingerprint density at radius 1 is 1.13 bits per heavy atom. The van der Waals surface area contributed by atoms with Crippen LogP contribution in [0.1, 0.15) is 53.6 Å². The van der Waals surface area contributed by atoms with Crippen LogP contribution in [0.25, 0.3) is 5.57 Å². The maximum absolute atomic E-state index is 9.37. The highest BCUT2D eigenvalue weighted by molar-refractivity contribution is 5.85. The standard InChI is InChI=1S/C21H24N2/c1-5-8-18(19-9-7-10-21(23)17(19)6-2)20-12-16(13-22)14(3)11-15(20)4/h7-12H,5-6,23H2,1-4H3/b18-8-. The smallest absolute Gasteiger partial charge is 0.0994 e. The third kappa shape index (κ3) is 3.29. The van der Waals surface area contributed by atoms with Crippen molar-refractivity contribution in [1.82, 2.24) is 0 Å². The average molecular weight is 304 g/mol. The van der Waals surface area contributed by atoms with Crippen molar-refractivity contribution in [3.05, 3.63) is 69.8 Å². The number of nitrogens with zero attached hydrogens (tertiary/aromatic N) is 1. The van der Waals surface area contributed by atoms with Crippen molar-refractivity contribution in [3.63, 3.8) is 0 Å². The van der Waals surface area contributed by atoms with E-state index in [0.29, 0.717) is 0 Å². The van der Waals surface area contributed by atoms with Crippen LogP contribution < -0.4 is 5.73 Å². The third-order valence-electron chi connectivity index (χ3n) is 4.25. The second-order valence-corrected chi connectivity index (χ2v) is 5.85. The molecule has 2 aromatic carbocycles. The molecule has 2 nitrogen and oxygen atoms in total. The Hall–Kier alpha value is -2.53. The molecule has 0 heterocycles. The van der Waals surface area contributed by atoms with Crippen molar-refractivity contribution in [2.24, 2.45) is 0 Å². The average Bonchev–Trinajstić information content (AvgIpc) is 2.53. The highest BCUT2D eigenvalue weighted by Gasteiger charge is 2.14. The molecule has 0 atom stereocenters. The molecule has 2 heteroatoms. The van der Waals surface area contributed by atoms with Crippen molar-refractivity contribution in [2.75, 3.05) is 5.73 Å². The van der Waals surface area contributed by atoms with Gasteiger partial charge in [0.05, 0.1) is 11.6 Å². The molecule has 0 aliphatic rings. The fraction of sp³-hybridized carbons (Fsp3) is 0.286. The summed E-state index contributed by atoms with van der Waals surface area (Å²) in [6.45, 7) is 8.34. The number of benzene rings is 2. The lowest BCUT2D eigenvalue weighted by atomic mass is 9.87. The molecule has 23 heavy (non-hydrogen) atoms. The highest BCUT2D eigenvalue weighted by Crippen LogP contribution is 2.33. The Bertz CT molecular complexity index is 792. The summed E-state index contributed by atoms with van der Waals surface area (Å²) >= 11 is 0. The normalized spacial score (nSPS) is 11.3. The van der Waals surface area contributed by atoms with Gasteiger partial charge in [0, 0.05) is 5.69 Å². The van der Waals surface area contributed by atoms with Gasteiger partial charge in [0.1, 0.15) is 0 Å². The third-order valence-corrected chi connectivity index (χ3v) is 4.25. The van der Waals surface area contributed by atoms with Gasteiger partial charge >= 0.3 is 0 Å². The molecule has 0 saturated heterocycles. The van der Waals surface area contributed by atoms with E-state index in [-0.39, 0.29) is 0 Å². The largest absolute Gasteiger partial charge is 0.398 e. The number of hydrogen-bond acceptors (Lipinski definition) is 2. The molecule has 0 saturated carbocycles. The Morgan fingerprint density at radius 3 is 2.48 bits per heavy atom. The molecule has 2 N–H and O–H groups in total. The first-order chi connectivity index (χ1) is 11.0. The second-order valence-electron chi connectivity index (χ2n) is 5.85. The van der Waals surface area contributed by atoms with E-state index >= 15 is 0 Å². The van der Waals surface area contributed by atoms with Crippen molar-refractivity contribution >= 4 is 11.3 Å². The number of anilines is 1. The van der Waals surface area contributed by atoms with Crippen molar-refractivity contribution in [1.29, 1.82) is 5.26 Å². The summed E-state index contributed by atoms with van der Waals surface area (Å²) in [6, 6.07) is 12.5. The molecular formula is C21H24N2. The first-order valence-corrected chi connectivity index (χ1v) is 8.13. The van der Waals surface area contributed by atoms with Gasteiger partial charge in [-0.1, -0.05) is 38.1 Å². The van der Waals surface area contributed by atoms with Crippen LogP contribution in [-0.2, 0) is 6.42 Å². The SMILES string of the molecule is CC/C=C(\c1cc(C#N)c(C)cc1C)c1cccc(N)c1CC. The summed E-state index contributed by atoms with van der Waals surface area (Å²) in [5.74, 6) is 0. The lowest BCUT2D eigenvalue weighted by molar-refractivity contribution is 1.13.